The van der Waals surface area contributed by atoms with E-state index >= 15 is 0 Å². The first-order valence-corrected chi connectivity index (χ1v) is 17.3. The van der Waals surface area contributed by atoms with Gasteiger partial charge in [0.25, 0.3) is 0 Å². The van der Waals surface area contributed by atoms with Crippen molar-refractivity contribution in [2.75, 3.05) is 39.3 Å². The maximum atomic E-state index is 5.92. The quantitative estimate of drug-likeness (QED) is 0.284. The molecule has 11 heteroatoms. The normalized spacial score (nSPS) is 20.4. The summed E-state index contributed by atoms with van der Waals surface area (Å²) in [6, 6.07) is 32.6. The molecule has 4 N–H and O–H groups in total. The maximum Gasteiger partial charge on any atom is 0.152 e. The van der Waals surface area contributed by atoms with Crippen molar-refractivity contribution in [1.82, 2.24) is 20.8 Å². The van der Waals surface area contributed by atoms with E-state index in [-0.39, 0.29) is 17.7 Å². The van der Waals surface area contributed by atoms with Crippen molar-refractivity contribution in [2.24, 2.45) is 9.98 Å². The van der Waals surface area contributed by atoms with Crippen molar-refractivity contribution in [3.05, 3.63) is 140 Å². The molecule has 8 rings (SSSR count). The van der Waals surface area contributed by atoms with Gasteiger partial charge in [-0.1, -0.05) is 71.7 Å². The molecule has 256 valence electrons. The van der Waals surface area contributed by atoms with Crippen LogP contribution in [0.25, 0.3) is 0 Å². The highest BCUT2D eigenvalue weighted by atomic mass is 35.5. The third-order valence-corrected chi connectivity index (χ3v) is 9.63. The van der Waals surface area contributed by atoms with Gasteiger partial charge in [-0.3, -0.25) is 29.5 Å². The summed E-state index contributed by atoms with van der Waals surface area (Å²) in [6.07, 6.45) is 2.36. The molecular formula is C38H42Cl2N6O3. The number of nitrogens with one attached hydrogen (secondary N) is 2. The third kappa shape index (κ3) is 9.26. The summed E-state index contributed by atoms with van der Waals surface area (Å²) < 4.78 is 0. The second kappa shape index (κ2) is 16.7. The lowest BCUT2D eigenvalue weighted by molar-refractivity contribution is -0.0152. The Morgan fingerprint density at radius 1 is 0.571 bits per heavy atom. The summed E-state index contributed by atoms with van der Waals surface area (Å²) >= 11 is 11.8. The van der Waals surface area contributed by atoms with E-state index in [1.807, 2.05) is 48.5 Å². The minimum Gasteiger partial charge on any atom is -0.412 e. The number of benzene rings is 4. The van der Waals surface area contributed by atoms with Gasteiger partial charge >= 0.3 is 0 Å². The molecule has 9 nitrogen and oxygen atoms in total. The van der Waals surface area contributed by atoms with E-state index in [4.69, 9.17) is 32.9 Å². The SMILES string of the molecule is Clc1ccc(C2=NCC(CN3CCc4ccccc4C3)ON2)cc1.Clc1ccc(C2=NCC(CN3CCc4ccccc4C3)ON2)cc1.O. The highest BCUT2D eigenvalue weighted by Gasteiger charge is 2.24. The van der Waals surface area contributed by atoms with E-state index in [9.17, 15) is 0 Å². The molecule has 0 aromatic heterocycles. The number of hydrogen-bond acceptors (Lipinski definition) is 8. The van der Waals surface area contributed by atoms with Crippen LogP contribution in [0, 0.1) is 0 Å². The number of rotatable bonds is 6. The van der Waals surface area contributed by atoms with Gasteiger partial charge in [-0.15, -0.1) is 0 Å². The van der Waals surface area contributed by atoms with Gasteiger partial charge in [-0.25, -0.2) is 11.0 Å². The first-order chi connectivity index (χ1) is 23.6. The van der Waals surface area contributed by atoms with Crippen LogP contribution in [0.2, 0.25) is 10.0 Å². The van der Waals surface area contributed by atoms with Crippen molar-refractivity contribution in [2.45, 2.75) is 38.1 Å². The monoisotopic (exact) mass is 700 g/mol. The zero-order valence-corrected chi connectivity index (χ0v) is 28.8. The van der Waals surface area contributed by atoms with Crippen LogP contribution >= 0.6 is 23.2 Å². The van der Waals surface area contributed by atoms with Crippen LogP contribution in [-0.4, -0.2) is 78.4 Å². The van der Waals surface area contributed by atoms with Gasteiger partial charge in [0.05, 0.1) is 13.1 Å². The molecular weight excluding hydrogens is 659 g/mol. The Hall–Kier alpha value is -3.80. The molecule has 0 amide bonds. The standard InChI is InChI=1S/2C19H20ClN3O.H2O/c2*20-17-7-5-15(6-8-17)19-21-11-18(24-22-19)13-23-10-9-14-3-1-2-4-16(14)12-23;/h2*1-8,18H,9-13H2,(H,21,22);1H2. The van der Waals surface area contributed by atoms with Crippen molar-refractivity contribution >= 4 is 34.9 Å². The van der Waals surface area contributed by atoms with Gasteiger partial charge in [0.1, 0.15) is 12.2 Å². The molecule has 0 saturated heterocycles. The lowest BCUT2D eigenvalue weighted by Gasteiger charge is -2.32. The number of hydroxylamine groups is 2. The molecule has 2 unspecified atom stereocenters. The van der Waals surface area contributed by atoms with E-state index in [0.717, 1.165) is 85.0 Å². The Balaban J connectivity index is 0.000000167. The van der Waals surface area contributed by atoms with Crippen LogP contribution in [-0.2, 0) is 35.6 Å². The Morgan fingerprint density at radius 2 is 0.959 bits per heavy atom. The molecule has 0 spiro atoms. The van der Waals surface area contributed by atoms with E-state index in [1.54, 1.807) is 0 Å². The predicted octanol–water partition coefficient (Wildman–Crippen LogP) is 5.27. The number of fused-ring (bicyclic) bond motifs is 2. The third-order valence-electron chi connectivity index (χ3n) is 9.13. The first-order valence-electron chi connectivity index (χ1n) is 16.6. The zero-order valence-electron chi connectivity index (χ0n) is 27.3. The molecule has 0 radical (unpaired) electrons. The average Bonchev–Trinajstić information content (AvgIpc) is 3.13. The lowest BCUT2D eigenvalue weighted by Crippen LogP contribution is -2.45. The summed E-state index contributed by atoms with van der Waals surface area (Å²) in [7, 11) is 0. The number of amidine groups is 2. The molecule has 49 heavy (non-hydrogen) atoms. The lowest BCUT2D eigenvalue weighted by atomic mass is 10.00. The molecule has 2 atom stereocenters. The van der Waals surface area contributed by atoms with Crippen LogP contribution in [0.3, 0.4) is 0 Å². The largest absolute Gasteiger partial charge is 0.412 e. The van der Waals surface area contributed by atoms with Crippen LogP contribution in [0.4, 0.5) is 0 Å². The number of nitrogens with zero attached hydrogens (tertiary/aromatic N) is 4. The minimum atomic E-state index is 0. The number of halogens is 2. The van der Waals surface area contributed by atoms with Crippen LogP contribution < -0.4 is 11.0 Å². The average molecular weight is 702 g/mol. The number of hydrogen-bond donors (Lipinski definition) is 2. The van der Waals surface area contributed by atoms with E-state index < -0.39 is 0 Å². The molecule has 4 aromatic rings. The zero-order chi connectivity index (χ0) is 32.7. The maximum absolute atomic E-state index is 5.92. The van der Waals surface area contributed by atoms with E-state index in [2.05, 4.69) is 79.3 Å². The molecule has 0 aliphatic carbocycles. The Labute approximate surface area is 297 Å². The molecule has 0 saturated carbocycles. The molecule has 0 fully saturated rings. The topological polar surface area (TPSA) is 105 Å². The second-order valence-corrected chi connectivity index (χ2v) is 13.5. The summed E-state index contributed by atoms with van der Waals surface area (Å²) in [5.41, 5.74) is 13.8. The Morgan fingerprint density at radius 3 is 1.33 bits per heavy atom. The van der Waals surface area contributed by atoms with Gasteiger partial charge in [-0.05, 0) is 83.6 Å². The molecule has 4 aliphatic heterocycles. The Bertz CT molecular complexity index is 1620. The van der Waals surface area contributed by atoms with Crippen molar-refractivity contribution in [3.63, 3.8) is 0 Å². The molecule has 4 aromatic carbocycles. The van der Waals surface area contributed by atoms with Crippen molar-refractivity contribution in [3.8, 4) is 0 Å². The molecule has 4 heterocycles. The van der Waals surface area contributed by atoms with Crippen LogP contribution in [0.15, 0.2) is 107 Å². The highest BCUT2D eigenvalue weighted by molar-refractivity contribution is 6.31. The van der Waals surface area contributed by atoms with Gasteiger partial charge < -0.3 is 5.48 Å². The minimum absolute atomic E-state index is 0. The smallest absolute Gasteiger partial charge is 0.152 e. The Kier molecular flexibility index (Phi) is 12.0. The van der Waals surface area contributed by atoms with Crippen molar-refractivity contribution < 1.29 is 15.2 Å². The predicted molar refractivity (Wildman–Crippen MR) is 196 cm³/mol. The van der Waals surface area contributed by atoms with E-state index in [1.165, 1.54) is 22.3 Å². The van der Waals surface area contributed by atoms with E-state index in [0.29, 0.717) is 13.1 Å². The van der Waals surface area contributed by atoms with Crippen molar-refractivity contribution in [1.29, 1.82) is 0 Å². The highest BCUT2D eigenvalue weighted by Crippen LogP contribution is 2.21. The van der Waals surface area contributed by atoms with Gasteiger partial charge in [0, 0.05) is 60.4 Å². The summed E-state index contributed by atoms with van der Waals surface area (Å²) in [5, 5.41) is 1.44. The van der Waals surface area contributed by atoms with Crippen LogP contribution in [0.1, 0.15) is 33.4 Å². The molecule has 4 aliphatic rings. The fourth-order valence-electron chi connectivity index (χ4n) is 6.51. The fraction of sp³-hybridized carbons (Fsp3) is 0.316. The fourth-order valence-corrected chi connectivity index (χ4v) is 6.76. The number of aliphatic imine (C=N–C) groups is 2. The second-order valence-electron chi connectivity index (χ2n) is 12.6. The molecule has 0 bridgehead atoms. The van der Waals surface area contributed by atoms with Gasteiger partial charge in [0.15, 0.2) is 11.7 Å². The summed E-state index contributed by atoms with van der Waals surface area (Å²) in [4.78, 5) is 25.8. The summed E-state index contributed by atoms with van der Waals surface area (Å²) in [6.45, 7) is 7.24. The summed E-state index contributed by atoms with van der Waals surface area (Å²) in [5.74, 6) is 1.54. The van der Waals surface area contributed by atoms with Gasteiger partial charge in [0.2, 0.25) is 0 Å². The van der Waals surface area contributed by atoms with Gasteiger partial charge in [-0.2, -0.15) is 0 Å². The first kappa shape index (κ1) is 35.0. The van der Waals surface area contributed by atoms with Crippen LogP contribution in [0.5, 0.6) is 0 Å².